The maximum atomic E-state index is 12.9. The van der Waals surface area contributed by atoms with Crippen molar-refractivity contribution < 1.29 is 21.6 Å². The van der Waals surface area contributed by atoms with Crippen LogP contribution in [0.1, 0.15) is 24.1 Å². The van der Waals surface area contributed by atoms with Crippen molar-refractivity contribution in [1.29, 1.82) is 0 Å². The summed E-state index contributed by atoms with van der Waals surface area (Å²) in [5.74, 6) is 0. The van der Waals surface area contributed by atoms with E-state index in [2.05, 4.69) is 0 Å². The van der Waals surface area contributed by atoms with E-state index in [1.165, 1.54) is 6.07 Å². The number of hydrogen-bond donors (Lipinski definition) is 0. The van der Waals surface area contributed by atoms with Crippen molar-refractivity contribution in [2.45, 2.75) is 42.6 Å². The van der Waals surface area contributed by atoms with Gasteiger partial charge in [-0.25, -0.2) is 8.42 Å². The highest BCUT2D eigenvalue weighted by Crippen LogP contribution is 2.36. The van der Waals surface area contributed by atoms with E-state index in [1.807, 2.05) is 0 Å². The van der Waals surface area contributed by atoms with E-state index in [-0.39, 0.29) is 17.2 Å². The molecule has 0 bridgehead atoms. The van der Waals surface area contributed by atoms with Crippen LogP contribution in [0.5, 0.6) is 0 Å². The number of alkyl halides is 3. The molecular weight excluding hydrogens is 299 g/mol. The lowest BCUT2D eigenvalue weighted by molar-refractivity contribution is -0.177. The third-order valence-corrected chi connectivity index (χ3v) is 6.49. The van der Waals surface area contributed by atoms with Crippen molar-refractivity contribution in [1.82, 2.24) is 4.31 Å². The van der Waals surface area contributed by atoms with E-state index in [0.29, 0.717) is 17.1 Å². The van der Waals surface area contributed by atoms with Gasteiger partial charge in [0, 0.05) is 11.4 Å². The molecule has 108 valence electrons. The van der Waals surface area contributed by atoms with Crippen molar-refractivity contribution in [3.05, 3.63) is 17.0 Å². The lowest BCUT2D eigenvalue weighted by Gasteiger charge is -2.35. The molecule has 0 amide bonds. The van der Waals surface area contributed by atoms with Crippen LogP contribution in [0, 0.1) is 6.92 Å². The predicted octanol–water partition coefficient (Wildman–Crippen LogP) is 3.16. The standard InChI is InChI=1S/C11H14F3NO2S2/c1-8-5-6-10(18-8)19(16,17)15-7-3-2-4-9(15)11(12,13)14/h5-6,9H,2-4,7H2,1H3. The van der Waals surface area contributed by atoms with Crippen LogP contribution in [0.15, 0.2) is 16.3 Å². The smallest absolute Gasteiger partial charge is 0.206 e. The zero-order valence-electron chi connectivity index (χ0n) is 10.3. The highest BCUT2D eigenvalue weighted by molar-refractivity contribution is 7.91. The lowest BCUT2D eigenvalue weighted by Crippen LogP contribution is -2.51. The van der Waals surface area contributed by atoms with Gasteiger partial charge in [-0.05, 0) is 31.9 Å². The summed E-state index contributed by atoms with van der Waals surface area (Å²) in [7, 11) is -4.04. The largest absolute Gasteiger partial charge is 0.405 e. The van der Waals surface area contributed by atoms with Gasteiger partial charge in [-0.2, -0.15) is 17.5 Å². The predicted molar refractivity (Wildman–Crippen MR) is 66.6 cm³/mol. The fourth-order valence-corrected chi connectivity index (χ4v) is 5.28. The minimum absolute atomic E-state index is 0.0128. The number of piperidine rings is 1. The molecule has 2 heterocycles. The third kappa shape index (κ3) is 2.95. The molecule has 1 aromatic rings. The Morgan fingerprint density at radius 2 is 2.00 bits per heavy atom. The molecule has 0 aromatic carbocycles. The van der Waals surface area contributed by atoms with Crippen molar-refractivity contribution in [2.75, 3.05) is 6.54 Å². The first-order chi connectivity index (χ1) is 8.73. The van der Waals surface area contributed by atoms with E-state index in [1.54, 1.807) is 13.0 Å². The van der Waals surface area contributed by atoms with Gasteiger partial charge in [0.1, 0.15) is 10.3 Å². The van der Waals surface area contributed by atoms with E-state index in [4.69, 9.17) is 0 Å². The number of thiophene rings is 1. The van der Waals surface area contributed by atoms with Crippen LogP contribution in [0.25, 0.3) is 0 Å². The van der Waals surface area contributed by atoms with Crippen molar-refractivity contribution in [3.63, 3.8) is 0 Å². The third-order valence-electron chi connectivity index (χ3n) is 3.11. The molecule has 1 aromatic heterocycles. The minimum atomic E-state index is -4.51. The number of rotatable bonds is 2. The lowest BCUT2D eigenvalue weighted by atomic mass is 10.1. The summed E-state index contributed by atoms with van der Waals surface area (Å²) in [5.41, 5.74) is 0. The number of sulfonamides is 1. The number of aryl methyl sites for hydroxylation is 1. The van der Waals surface area contributed by atoms with Gasteiger partial charge in [0.2, 0.25) is 0 Å². The number of nitrogens with zero attached hydrogens (tertiary/aromatic N) is 1. The molecule has 0 radical (unpaired) electrons. The van der Waals surface area contributed by atoms with Gasteiger partial charge in [-0.3, -0.25) is 0 Å². The van der Waals surface area contributed by atoms with Gasteiger partial charge in [0.05, 0.1) is 0 Å². The summed E-state index contributed by atoms with van der Waals surface area (Å²) < 4.78 is 64.0. The Morgan fingerprint density at radius 3 is 2.53 bits per heavy atom. The molecule has 1 fully saturated rings. The Kier molecular flexibility index (Phi) is 3.95. The average molecular weight is 313 g/mol. The molecule has 0 spiro atoms. The van der Waals surface area contributed by atoms with Crippen LogP contribution in [0.2, 0.25) is 0 Å². The SMILES string of the molecule is Cc1ccc(S(=O)(=O)N2CCCCC2C(F)(F)F)s1. The molecule has 1 aliphatic rings. The van der Waals surface area contributed by atoms with Gasteiger partial charge in [0.15, 0.2) is 0 Å². The van der Waals surface area contributed by atoms with E-state index in [0.717, 1.165) is 16.2 Å². The summed E-state index contributed by atoms with van der Waals surface area (Å²) in [6.07, 6.45) is -3.80. The second-order valence-corrected chi connectivity index (χ2v) is 7.94. The molecule has 1 atom stereocenters. The van der Waals surface area contributed by atoms with Crippen molar-refractivity contribution in [3.8, 4) is 0 Å². The summed E-state index contributed by atoms with van der Waals surface area (Å²) in [4.78, 5) is 0.763. The highest BCUT2D eigenvalue weighted by Gasteiger charge is 2.49. The molecule has 19 heavy (non-hydrogen) atoms. The molecular formula is C11H14F3NO2S2. The molecule has 8 heteroatoms. The average Bonchev–Trinajstić information content (AvgIpc) is 2.75. The molecule has 3 nitrogen and oxygen atoms in total. The molecule has 1 aliphatic heterocycles. The molecule has 0 saturated carbocycles. The second-order valence-electron chi connectivity index (χ2n) is 4.53. The van der Waals surface area contributed by atoms with E-state index >= 15 is 0 Å². The first-order valence-corrected chi connectivity index (χ1v) is 8.13. The summed E-state index contributed by atoms with van der Waals surface area (Å²) in [6, 6.07) is 1.08. The highest BCUT2D eigenvalue weighted by atomic mass is 32.2. The van der Waals surface area contributed by atoms with Gasteiger partial charge >= 0.3 is 6.18 Å². The van der Waals surface area contributed by atoms with Gasteiger partial charge < -0.3 is 0 Å². The van der Waals surface area contributed by atoms with Gasteiger partial charge in [-0.1, -0.05) is 6.42 Å². The van der Waals surface area contributed by atoms with Gasteiger partial charge in [-0.15, -0.1) is 11.3 Å². The Balaban J connectivity index is 2.37. The van der Waals surface area contributed by atoms with Crippen LogP contribution >= 0.6 is 11.3 Å². The maximum Gasteiger partial charge on any atom is 0.405 e. The normalized spacial score (nSPS) is 22.6. The second kappa shape index (κ2) is 5.06. The molecule has 1 saturated heterocycles. The minimum Gasteiger partial charge on any atom is -0.206 e. The number of hydrogen-bond acceptors (Lipinski definition) is 3. The topological polar surface area (TPSA) is 37.4 Å². The van der Waals surface area contributed by atoms with Crippen LogP contribution in [0.3, 0.4) is 0 Å². The Bertz CT molecular complexity index is 551. The zero-order chi connectivity index (χ0) is 14.3. The Hall–Kier alpha value is -0.600. The Morgan fingerprint density at radius 1 is 1.32 bits per heavy atom. The molecule has 1 unspecified atom stereocenters. The van der Waals surface area contributed by atoms with Crippen LogP contribution in [0.4, 0.5) is 13.2 Å². The van der Waals surface area contributed by atoms with Gasteiger partial charge in [0.25, 0.3) is 10.0 Å². The summed E-state index contributed by atoms with van der Waals surface area (Å²) in [6.45, 7) is 1.66. The zero-order valence-corrected chi connectivity index (χ0v) is 11.9. The van der Waals surface area contributed by atoms with E-state index in [9.17, 15) is 21.6 Å². The fourth-order valence-electron chi connectivity index (χ4n) is 2.19. The van der Waals surface area contributed by atoms with E-state index < -0.39 is 22.2 Å². The first-order valence-electron chi connectivity index (χ1n) is 5.88. The monoisotopic (exact) mass is 313 g/mol. The maximum absolute atomic E-state index is 12.9. The summed E-state index contributed by atoms with van der Waals surface area (Å²) >= 11 is 1.00. The van der Waals surface area contributed by atoms with Crippen LogP contribution < -0.4 is 0 Å². The Labute approximate surface area is 114 Å². The molecule has 0 aliphatic carbocycles. The van der Waals surface area contributed by atoms with Crippen molar-refractivity contribution in [2.24, 2.45) is 0 Å². The molecule has 0 N–H and O–H groups in total. The summed E-state index contributed by atoms with van der Waals surface area (Å²) in [5, 5.41) is 0. The quantitative estimate of drug-likeness (QED) is 0.841. The fraction of sp³-hybridized carbons (Fsp3) is 0.636. The first kappa shape index (κ1) is 14.8. The van der Waals surface area contributed by atoms with Crippen LogP contribution in [-0.4, -0.2) is 31.5 Å². The molecule has 2 rings (SSSR count). The van der Waals surface area contributed by atoms with Crippen LogP contribution in [-0.2, 0) is 10.0 Å². The van der Waals surface area contributed by atoms with Crippen molar-refractivity contribution >= 4 is 21.4 Å². The number of halogens is 3.